The average molecular weight is 284 g/mol. The van der Waals surface area contributed by atoms with Crippen LogP contribution in [0.15, 0.2) is 0 Å². The molecule has 0 aromatic heterocycles. The lowest BCUT2D eigenvalue weighted by Gasteiger charge is -2.06. The molecule has 0 radical (unpaired) electrons. The van der Waals surface area contributed by atoms with Crippen molar-refractivity contribution < 1.29 is 4.79 Å². The van der Waals surface area contributed by atoms with Crippen LogP contribution in [0.2, 0.25) is 0 Å². The third-order valence-corrected chi connectivity index (χ3v) is 3.56. The molecule has 2 N–H and O–H groups in total. The van der Waals surface area contributed by atoms with Crippen LogP contribution in [0.5, 0.6) is 0 Å². The number of carbonyl (C=O) groups excluding carboxylic acids is 1. The predicted molar refractivity (Wildman–Crippen MR) is 88.0 cm³/mol. The van der Waals surface area contributed by atoms with E-state index in [0.29, 0.717) is 6.54 Å². The summed E-state index contributed by atoms with van der Waals surface area (Å²) in [5, 5.41) is 6.08. The minimum atomic E-state index is 0.124. The normalized spacial score (nSPS) is 10.7. The van der Waals surface area contributed by atoms with Crippen molar-refractivity contribution in [3.8, 4) is 0 Å². The fraction of sp³-hybridized carbons (Fsp3) is 0.941. The lowest BCUT2D eigenvalue weighted by Crippen LogP contribution is -2.34. The topological polar surface area (TPSA) is 41.1 Å². The van der Waals surface area contributed by atoms with Gasteiger partial charge in [-0.25, -0.2) is 0 Å². The highest BCUT2D eigenvalue weighted by molar-refractivity contribution is 5.77. The van der Waals surface area contributed by atoms with E-state index in [-0.39, 0.29) is 5.91 Å². The van der Waals surface area contributed by atoms with Crippen LogP contribution in [0.1, 0.15) is 84.5 Å². The van der Waals surface area contributed by atoms with Gasteiger partial charge in [0.05, 0.1) is 6.54 Å². The molecule has 3 nitrogen and oxygen atoms in total. The van der Waals surface area contributed by atoms with Crippen LogP contribution in [-0.2, 0) is 4.79 Å². The molecule has 0 aliphatic carbocycles. The van der Waals surface area contributed by atoms with Crippen molar-refractivity contribution in [2.75, 3.05) is 19.6 Å². The number of carbonyl (C=O) groups is 1. The van der Waals surface area contributed by atoms with Gasteiger partial charge in [0.2, 0.25) is 5.91 Å². The Labute approximate surface area is 126 Å². The molecule has 20 heavy (non-hydrogen) atoms. The van der Waals surface area contributed by atoms with Crippen molar-refractivity contribution >= 4 is 5.91 Å². The summed E-state index contributed by atoms with van der Waals surface area (Å²) in [5.41, 5.74) is 0. The number of rotatable bonds is 15. The number of hydrogen-bond donors (Lipinski definition) is 2. The third kappa shape index (κ3) is 15.5. The summed E-state index contributed by atoms with van der Waals surface area (Å²) in [7, 11) is 0. The highest BCUT2D eigenvalue weighted by Gasteiger charge is 1.98. The highest BCUT2D eigenvalue weighted by atomic mass is 16.1. The van der Waals surface area contributed by atoms with Crippen LogP contribution in [0.25, 0.3) is 0 Å². The number of nitrogens with one attached hydrogen (secondary N) is 2. The largest absolute Gasteiger partial charge is 0.355 e. The molecule has 0 fully saturated rings. The Balaban J connectivity index is 3.04. The van der Waals surface area contributed by atoms with Crippen LogP contribution in [0.4, 0.5) is 0 Å². The van der Waals surface area contributed by atoms with Gasteiger partial charge in [-0.05, 0) is 19.4 Å². The minimum Gasteiger partial charge on any atom is -0.355 e. The van der Waals surface area contributed by atoms with E-state index >= 15 is 0 Å². The summed E-state index contributed by atoms with van der Waals surface area (Å²) in [4.78, 5) is 11.3. The SMILES string of the molecule is CCCCCCCCCCCCNCC(=O)NCCC. The monoisotopic (exact) mass is 284 g/mol. The van der Waals surface area contributed by atoms with Crippen molar-refractivity contribution in [3.63, 3.8) is 0 Å². The van der Waals surface area contributed by atoms with E-state index in [4.69, 9.17) is 0 Å². The van der Waals surface area contributed by atoms with Crippen molar-refractivity contribution in [2.45, 2.75) is 84.5 Å². The summed E-state index contributed by atoms with van der Waals surface area (Å²) in [6.07, 6.45) is 14.6. The van der Waals surface area contributed by atoms with Gasteiger partial charge in [0.15, 0.2) is 0 Å². The number of hydrogen-bond acceptors (Lipinski definition) is 2. The number of amides is 1. The first-order chi connectivity index (χ1) is 9.81. The molecule has 0 heterocycles. The Morgan fingerprint density at radius 3 is 1.80 bits per heavy atom. The molecule has 0 bridgehead atoms. The zero-order valence-corrected chi connectivity index (χ0v) is 13.8. The lowest BCUT2D eigenvalue weighted by atomic mass is 10.1. The van der Waals surface area contributed by atoms with Crippen molar-refractivity contribution in [1.82, 2.24) is 10.6 Å². The third-order valence-electron chi connectivity index (χ3n) is 3.56. The average Bonchev–Trinajstić information content (AvgIpc) is 2.46. The van der Waals surface area contributed by atoms with Gasteiger partial charge >= 0.3 is 0 Å². The standard InChI is InChI=1S/C17H36N2O/c1-3-5-6-7-8-9-10-11-12-13-15-18-16-17(20)19-14-4-2/h18H,3-16H2,1-2H3,(H,19,20). The van der Waals surface area contributed by atoms with E-state index in [2.05, 4.69) is 24.5 Å². The van der Waals surface area contributed by atoms with Gasteiger partial charge in [-0.1, -0.05) is 71.6 Å². The Hall–Kier alpha value is -0.570. The van der Waals surface area contributed by atoms with E-state index in [1.54, 1.807) is 0 Å². The molecule has 0 aromatic rings. The first-order valence-electron chi connectivity index (χ1n) is 8.78. The summed E-state index contributed by atoms with van der Waals surface area (Å²) < 4.78 is 0. The van der Waals surface area contributed by atoms with E-state index in [1.165, 1.54) is 64.2 Å². The molecule has 0 unspecified atom stereocenters. The molecule has 0 aromatic carbocycles. The number of unbranched alkanes of at least 4 members (excludes halogenated alkanes) is 9. The Morgan fingerprint density at radius 1 is 0.700 bits per heavy atom. The van der Waals surface area contributed by atoms with Crippen LogP contribution in [-0.4, -0.2) is 25.5 Å². The maximum Gasteiger partial charge on any atom is 0.233 e. The maximum atomic E-state index is 11.3. The van der Waals surface area contributed by atoms with Crippen molar-refractivity contribution in [1.29, 1.82) is 0 Å². The van der Waals surface area contributed by atoms with Gasteiger partial charge in [0, 0.05) is 6.54 Å². The molecule has 0 atom stereocenters. The van der Waals surface area contributed by atoms with E-state index in [9.17, 15) is 4.79 Å². The molecule has 0 spiro atoms. The summed E-state index contributed by atoms with van der Waals surface area (Å²) in [5.74, 6) is 0.124. The molecule has 0 rings (SSSR count). The van der Waals surface area contributed by atoms with Crippen molar-refractivity contribution in [3.05, 3.63) is 0 Å². The lowest BCUT2D eigenvalue weighted by molar-refractivity contribution is -0.120. The zero-order chi connectivity index (χ0) is 14.9. The zero-order valence-electron chi connectivity index (χ0n) is 13.8. The van der Waals surface area contributed by atoms with Crippen molar-refractivity contribution in [2.24, 2.45) is 0 Å². The Morgan fingerprint density at radius 2 is 1.25 bits per heavy atom. The van der Waals surface area contributed by atoms with Gasteiger partial charge in [-0.15, -0.1) is 0 Å². The molecular formula is C17H36N2O. The fourth-order valence-corrected chi connectivity index (χ4v) is 2.27. The molecule has 0 aliphatic rings. The molecule has 3 heteroatoms. The molecule has 0 saturated carbocycles. The molecule has 0 saturated heterocycles. The fourth-order valence-electron chi connectivity index (χ4n) is 2.27. The summed E-state index contributed by atoms with van der Waals surface area (Å²) in [6, 6.07) is 0. The predicted octanol–water partition coefficient (Wildman–Crippen LogP) is 4.02. The second-order valence-corrected chi connectivity index (χ2v) is 5.71. The summed E-state index contributed by atoms with van der Waals surface area (Å²) >= 11 is 0. The first-order valence-corrected chi connectivity index (χ1v) is 8.78. The Kier molecular flexibility index (Phi) is 16.0. The van der Waals surface area contributed by atoms with Crippen LogP contribution in [0.3, 0.4) is 0 Å². The van der Waals surface area contributed by atoms with Crippen LogP contribution < -0.4 is 10.6 Å². The highest BCUT2D eigenvalue weighted by Crippen LogP contribution is 2.10. The van der Waals surface area contributed by atoms with Gasteiger partial charge in [-0.2, -0.15) is 0 Å². The van der Waals surface area contributed by atoms with Gasteiger partial charge in [0.1, 0.15) is 0 Å². The second kappa shape index (κ2) is 16.5. The van der Waals surface area contributed by atoms with E-state index in [0.717, 1.165) is 19.5 Å². The maximum absolute atomic E-state index is 11.3. The van der Waals surface area contributed by atoms with Gasteiger partial charge < -0.3 is 10.6 Å². The van der Waals surface area contributed by atoms with Crippen LogP contribution >= 0.6 is 0 Å². The Bertz CT molecular complexity index is 207. The molecule has 0 aliphatic heterocycles. The van der Waals surface area contributed by atoms with Gasteiger partial charge in [0.25, 0.3) is 0 Å². The smallest absolute Gasteiger partial charge is 0.233 e. The van der Waals surface area contributed by atoms with E-state index in [1.807, 2.05) is 0 Å². The minimum absolute atomic E-state index is 0.124. The van der Waals surface area contributed by atoms with E-state index < -0.39 is 0 Å². The second-order valence-electron chi connectivity index (χ2n) is 5.71. The quantitative estimate of drug-likeness (QED) is 0.446. The molecule has 1 amide bonds. The first kappa shape index (κ1) is 19.4. The molecule has 120 valence electrons. The van der Waals surface area contributed by atoms with Crippen LogP contribution in [0, 0.1) is 0 Å². The van der Waals surface area contributed by atoms with Gasteiger partial charge in [-0.3, -0.25) is 4.79 Å². The molecular weight excluding hydrogens is 248 g/mol. The summed E-state index contributed by atoms with van der Waals surface area (Å²) in [6.45, 7) is 6.56.